The molecule has 116 valence electrons. The summed E-state index contributed by atoms with van der Waals surface area (Å²) < 4.78 is 5.71. The SMILES string of the molecule is CC1CN(c2ccc(C(C)(C)C)c(C(=O)O)n2)CC(C)O1. The van der Waals surface area contributed by atoms with Crippen LogP contribution in [0.5, 0.6) is 0 Å². The molecular formula is C16H24N2O3. The number of rotatable bonds is 2. The van der Waals surface area contributed by atoms with Crippen molar-refractivity contribution in [1.82, 2.24) is 4.98 Å². The Kier molecular flexibility index (Phi) is 4.23. The number of nitrogens with zero attached hydrogens (tertiary/aromatic N) is 2. The molecule has 0 aliphatic carbocycles. The van der Waals surface area contributed by atoms with E-state index < -0.39 is 5.97 Å². The van der Waals surface area contributed by atoms with E-state index in [2.05, 4.69) is 9.88 Å². The summed E-state index contributed by atoms with van der Waals surface area (Å²) in [5.74, 6) is -0.265. The van der Waals surface area contributed by atoms with Crippen LogP contribution in [0, 0.1) is 0 Å². The third kappa shape index (κ3) is 3.53. The van der Waals surface area contributed by atoms with Crippen LogP contribution >= 0.6 is 0 Å². The molecule has 0 saturated carbocycles. The Morgan fingerprint density at radius 1 is 1.29 bits per heavy atom. The molecule has 1 aliphatic heterocycles. The Morgan fingerprint density at radius 2 is 1.86 bits per heavy atom. The van der Waals surface area contributed by atoms with Crippen molar-refractivity contribution in [2.24, 2.45) is 0 Å². The highest BCUT2D eigenvalue weighted by atomic mass is 16.5. The van der Waals surface area contributed by atoms with Crippen LogP contribution in [0.15, 0.2) is 12.1 Å². The molecule has 1 aromatic heterocycles. The first-order valence-corrected chi connectivity index (χ1v) is 7.33. The number of aromatic nitrogens is 1. The fraction of sp³-hybridized carbons (Fsp3) is 0.625. The summed E-state index contributed by atoms with van der Waals surface area (Å²) in [4.78, 5) is 18.0. The molecule has 5 heteroatoms. The van der Waals surface area contributed by atoms with Gasteiger partial charge in [0.1, 0.15) is 5.82 Å². The molecule has 1 fully saturated rings. The first-order chi connectivity index (χ1) is 9.68. The van der Waals surface area contributed by atoms with Gasteiger partial charge in [-0.1, -0.05) is 26.8 Å². The Morgan fingerprint density at radius 3 is 2.33 bits per heavy atom. The van der Waals surface area contributed by atoms with Gasteiger partial charge >= 0.3 is 5.97 Å². The predicted molar refractivity (Wildman–Crippen MR) is 82.1 cm³/mol. The number of morpholine rings is 1. The van der Waals surface area contributed by atoms with Gasteiger partial charge in [0, 0.05) is 13.1 Å². The van der Waals surface area contributed by atoms with Gasteiger partial charge in [-0.3, -0.25) is 0 Å². The summed E-state index contributed by atoms with van der Waals surface area (Å²) >= 11 is 0. The maximum atomic E-state index is 11.5. The van der Waals surface area contributed by atoms with Gasteiger partial charge in [0.15, 0.2) is 5.69 Å². The molecule has 5 nitrogen and oxygen atoms in total. The van der Waals surface area contributed by atoms with Gasteiger partial charge in [0.2, 0.25) is 0 Å². The molecule has 21 heavy (non-hydrogen) atoms. The Labute approximate surface area is 125 Å². The highest BCUT2D eigenvalue weighted by Gasteiger charge is 2.27. The largest absolute Gasteiger partial charge is 0.477 e. The maximum absolute atomic E-state index is 11.5. The molecule has 1 aliphatic rings. The minimum atomic E-state index is -0.976. The highest BCUT2D eigenvalue weighted by molar-refractivity contribution is 5.88. The van der Waals surface area contributed by atoms with Crippen LogP contribution < -0.4 is 4.90 Å². The predicted octanol–water partition coefficient (Wildman–Crippen LogP) is 2.69. The summed E-state index contributed by atoms with van der Waals surface area (Å²) in [5, 5.41) is 9.45. The van der Waals surface area contributed by atoms with E-state index in [1.54, 1.807) is 0 Å². The molecule has 0 bridgehead atoms. The number of carboxylic acid groups (broad SMARTS) is 1. The third-order valence-electron chi connectivity index (χ3n) is 3.63. The van der Waals surface area contributed by atoms with Gasteiger partial charge in [-0.05, 0) is 30.9 Å². The van der Waals surface area contributed by atoms with Crippen molar-refractivity contribution in [3.05, 3.63) is 23.4 Å². The van der Waals surface area contributed by atoms with E-state index in [0.29, 0.717) is 5.82 Å². The minimum Gasteiger partial charge on any atom is -0.477 e. The monoisotopic (exact) mass is 292 g/mol. The number of hydrogen-bond acceptors (Lipinski definition) is 4. The molecule has 2 unspecified atom stereocenters. The molecule has 2 atom stereocenters. The zero-order valence-corrected chi connectivity index (χ0v) is 13.4. The smallest absolute Gasteiger partial charge is 0.354 e. The van der Waals surface area contributed by atoms with Crippen molar-refractivity contribution in [2.45, 2.75) is 52.2 Å². The second-order valence-corrected chi connectivity index (χ2v) is 6.78. The van der Waals surface area contributed by atoms with Crippen LogP contribution in [0.3, 0.4) is 0 Å². The number of hydrogen-bond donors (Lipinski definition) is 1. The second kappa shape index (κ2) is 5.64. The number of carboxylic acids is 1. The number of aromatic carboxylic acids is 1. The van der Waals surface area contributed by atoms with Gasteiger partial charge in [-0.15, -0.1) is 0 Å². The Hall–Kier alpha value is -1.62. The second-order valence-electron chi connectivity index (χ2n) is 6.78. The van der Waals surface area contributed by atoms with Crippen molar-refractivity contribution < 1.29 is 14.6 Å². The van der Waals surface area contributed by atoms with Crippen LogP contribution in [-0.4, -0.2) is 41.4 Å². The number of anilines is 1. The summed E-state index contributed by atoms with van der Waals surface area (Å²) in [6, 6.07) is 3.80. The summed E-state index contributed by atoms with van der Waals surface area (Å²) in [7, 11) is 0. The number of pyridine rings is 1. The molecule has 0 aromatic carbocycles. The lowest BCUT2D eigenvalue weighted by Gasteiger charge is -2.36. The van der Waals surface area contributed by atoms with Gasteiger partial charge in [-0.2, -0.15) is 0 Å². The number of carbonyl (C=O) groups is 1. The van der Waals surface area contributed by atoms with Gasteiger partial charge in [0.25, 0.3) is 0 Å². The first-order valence-electron chi connectivity index (χ1n) is 7.33. The third-order valence-corrected chi connectivity index (χ3v) is 3.63. The molecule has 0 amide bonds. The van der Waals surface area contributed by atoms with E-state index in [1.165, 1.54) is 0 Å². The van der Waals surface area contributed by atoms with Crippen molar-refractivity contribution in [3.63, 3.8) is 0 Å². The topological polar surface area (TPSA) is 62.7 Å². The molecular weight excluding hydrogens is 268 g/mol. The fourth-order valence-corrected chi connectivity index (χ4v) is 2.76. The summed E-state index contributed by atoms with van der Waals surface area (Å²) in [5.41, 5.74) is 0.657. The van der Waals surface area contributed by atoms with Crippen molar-refractivity contribution in [1.29, 1.82) is 0 Å². The van der Waals surface area contributed by atoms with E-state index in [-0.39, 0.29) is 23.3 Å². The average molecular weight is 292 g/mol. The zero-order valence-electron chi connectivity index (χ0n) is 13.4. The van der Waals surface area contributed by atoms with E-state index in [0.717, 1.165) is 18.7 Å². The van der Waals surface area contributed by atoms with Crippen molar-refractivity contribution in [3.8, 4) is 0 Å². The molecule has 1 N–H and O–H groups in total. The van der Waals surface area contributed by atoms with Gasteiger partial charge in [-0.25, -0.2) is 9.78 Å². The zero-order chi connectivity index (χ0) is 15.8. The molecule has 1 aromatic rings. The van der Waals surface area contributed by atoms with Gasteiger partial charge < -0.3 is 14.7 Å². The number of ether oxygens (including phenoxy) is 1. The molecule has 1 saturated heterocycles. The van der Waals surface area contributed by atoms with E-state index in [1.807, 2.05) is 46.8 Å². The van der Waals surface area contributed by atoms with E-state index >= 15 is 0 Å². The van der Waals surface area contributed by atoms with E-state index in [4.69, 9.17) is 4.74 Å². The molecule has 2 rings (SSSR count). The fourth-order valence-electron chi connectivity index (χ4n) is 2.76. The van der Waals surface area contributed by atoms with Gasteiger partial charge in [0.05, 0.1) is 12.2 Å². The summed E-state index contributed by atoms with van der Waals surface area (Å²) in [6.07, 6.45) is 0.234. The van der Waals surface area contributed by atoms with Crippen LogP contribution in [0.1, 0.15) is 50.7 Å². The first kappa shape index (κ1) is 15.8. The lowest BCUT2D eigenvalue weighted by atomic mass is 9.86. The summed E-state index contributed by atoms with van der Waals surface area (Å²) in [6.45, 7) is 11.5. The minimum absolute atomic E-state index is 0.117. The van der Waals surface area contributed by atoms with E-state index in [9.17, 15) is 9.90 Å². The van der Waals surface area contributed by atoms with Crippen LogP contribution in [-0.2, 0) is 10.2 Å². The Balaban J connectivity index is 2.38. The van der Waals surface area contributed by atoms with Crippen molar-refractivity contribution in [2.75, 3.05) is 18.0 Å². The van der Waals surface area contributed by atoms with Crippen LogP contribution in [0.25, 0.3) is 0 Å². The van der Waals surface area contributed by atoms with Crippen LogP contribution in [0.4, 0.5) is 5.82 Å². The van der Waals surface area contributed by atoms with Crippen LogP contribution in [0.2, 0.25) is 0 Å². The molecule has 0 radical (unpaired) electrons. The lowest BCUT2D eigenvalue weighted by molar-refractivity contribution is -0.00546. The average Bonchev–Trinajstić information content (AvgIpc) is 2.35. The maximum Gasteiger partial charge on any atom is 0.354 e. The van der Waals surface area contributed by atoms with Crippen molar-refractivity contribution >= 4 is 11.8 Å². The molecule has 2 heterocycles. The normalized spacial score (nSPS) is 23.2. The standard InChI is InChI=1S/C16H24N2O3/c1-10-8-18(9-11(2)21-10)13-7-6-12(16(3,4)5)14(17-13)15(19)20/h6-7,10-11H,8-9H2,1-5H3,(H,19,20). The quantitative estimate of drug-likeness (QED) is 0.908. The highest BCUT2D eigenvalue weighted by Crippen LogP contribution is 2.28. The lowest BCUT2D eigenvalue weighted by Crippen LogP contribution is -2.46. The molecule has 0 spiro atoms. The Bertz CT molecular complexity index is 527.